The van der Waals surface area contributed by atoms with Gasteiger partial charge in [-0.05, 0) is 67.2 Å². The molecule has 1 fully saturated rings. The van der Waals surface area contributed by atoms with Crippen LogP contribution in [0.3, 0.4) is 0 Å². The Morgan fingerprint density at radius 2 is 1.78 bits per heavy atom. The summed E-state index contributed by atoms with van der Waals surface area (Å²) in [5.41, 5.74) is 4.82. The van der Waals surface area contributed by atoms with E-state index in [4.69, 9.17) is 0 Å². The summed E-state index contributed by atoms with van der Waals surface area (Å²) in [5.74, 6) is -2.42. The van der Waals surface area contributed by atoms with E-state index in [9.17, 15) is 22.8 Å². The fourth-order valence-electron chi connectivity index (χ4n) is 4.81. The molecule has 0 spiro atoms. The summed E-state index contributed by atoms with van der Waals surface area (Å²) in [6, 6.07) is 14.3. The molecule has 1 heterocycles. The third kappa shape index (κ3) is 4.97. The highest BCUT2D eigenvalue weighted by Crippen LogP contribution is 2.34. The molecule has 170 valence electrons. The quantitative estimate of drug-likeness (QED) is 0.671. The number of hydrogen-bond donors (Lipinski definition) is 2. The summed E-state index contributed by atoms with van der Waals surface area (Å²) >= 11 is 0. The molecular weight excluding hydrogens is 417 g/mol. The minimum absolute atomic E-state index is 0.0987. The van der Waals surface area contributed by atoms with Crippen LogP contribution in [0.25, 0.3) is 0 Å². The Morgan fingerprint density at radius 3 is 2.50 bits per heavy atom. The number of halogens is 3. The van der Waals surface area contributed by atoms with Gasteiger partial charge in [-0.15, -0.1) is 0 Å². The van der Waals surface area contributed by atoms with Gasteiger partial charge in [-0.3, -0.25) is 9.59 Å². The van der Waals surface area contributed by atoms with Crippen LogP contribution < -0.4 is 10.6 Å². The van der Waals surface area contributed by atoms with Gasteiger partial charge in [0.15, 0.2) is 0 Å². The lowest BCUT2D eigenvalue weighted by molar-refractivity contribution is -0.171. The van der Waals surface area contributed by atoms with Gasteiger partial charge in [0.25, 0.3) is 0 Å². The summed E-state index contributed by atoms with van der Waals surface area (Å²) in [4.78, 5) is 25.0. The van der Waals surface area contributed by atoms with Gasteiger partial charge < -0.3 is 10.6 Å². The van der Waals surface area contributed by atoms with Crippen LogP contribution in [0.15, 0.2) is 48.5 Å². The average molecular weight is 444 g/mol. The highest BCUT2D eigenvalue weighted by molar-refractivity contribution is 6.01. The molecule has 0 aromatic heterocycles. The van der Waals surface area contributed by atoms with Gasteiger partial charge in [0, 0.05) is 0 Å². The van der Waals surface area contributed by atoms with E-state index in [-0.39, 0.29) is 18.9 Å². The number of piperidine rings is 1. The number of benzene rings is 2. The molecule has 2 aromatic rings. The summed E-state index contributed by atoms with van der Waals surface area (Å²) < 4.78 is 38.6. The summed E-state index contributed by atoms with van der Waals surface area (Å²) in [5, 5.41) is 4.91. The molecule has 1 saturated heterocycles. The first-order valence-electron chi connectivity index (χ1n) is 11.1. The standard InChI is InChI=1S/C25H27F3N2O2/c26-25(27,28)22-15-14-20(24(32)30-22)23(31)29-21-11-5-9-18-17(8-4-10-19(18)21)13-12-16-6-2-1-3-7-16/h1-4,6-8,10,20-22H,5,9,11-15H2,(H,29,31)(H,30,32). The van der Waals surface area contributed by atoms with Gasteiger partial charge in [0.1, 0.15) is 12.0 Å². The molecule has 3 unspecified atom stereocenters. The van der Waals surface area contributed by atoms with Crippen molar-refractivity contribution in [3.8, 4) is 0 Å². The second-order valence-electron chi connectivity index (χ2n) is 8.66. The molecule has 0 saturated carbocycles. The zero-order chi connectivity index (χ0) is 22.7. The molecule has 0 radical (unpaired) electrons. The van der Waals surface area contributed by atoms with E-state index < -0.39 is 30.0 Å². The van der Waals surface area contributed by atoms with Crippen molar-refractivity contribution in [3.05, 3.63) is 70.8 Å². The first-order valence-corrected chi connectivity index (χ1v) is 11.1. The maximum atomic E-state index is 12.9. The Morgan fingerprint density at radius 1 is 1.00 bits per heavy atom. The Hall–Kier alpha value is -2.83. The first kappa shape index (κ1) is 22.4. The summed E-state index contributed by atoms with van der Waals surface area (Å²) in [6.07, 6.45) is -0.446. The first-order chi connectivity index (χ1) is 15.3. The van der Waals surface area contributed by atoms with E-state index in [2.05, 4.69) is 23.5 Å². The zero-order valence-electron chi connectivity index (χ0n) is 17.8. The van der Waals surface area contributed by atoms with Gasteiger partial charge in [0.2, 0.25) is 11.8 Å². The molecule has 2 aliphatic rings. The topological polar surface area (TPSA) is 58.2 Å². The van der Waals surface area contributed by atoms with Gasteiger partial charge in [-0.25, -0.2) is 0 Å². The molecule has 4 rings (SSSR count). The van der Waals surface area contributed by atoms with Crippen molar-refractivity contribution in [1.29, 1.82) is 0 Å². The maximum Gasteiger partial charge on any atom is 0.408 e. The van der Waals surface area contributed by atoms with E-state index in [0.29, 0.717) is 0 Å². The van der Waals surface area contributed by atoms with Crippen LogP contribution in [0.5, 0.6) is 0 Å². The number of rotatable bonds is 5. The molecule has 4 nitrogen and oxygen atoms in total. The number of aryl methyl sites for hydroxylation is 2. The molecule has 2 N–H and O–H groups in total. The van der Waals surface area contributed by atoms with Crippen molar-refractivity contribution >= 4 is 11.8 Å². The maximum absolute atomic E-state index is 12.9. The molecule has 2 amide bonds. The lowest BCUT2D eigenvalue weighted by Crippen LogP contribution is -2.54. The Balaban J connectivity index is 1.43. The molecule has 7 heteroatoms. The van der Waals surface area contributed by atoms with Gasteiger partial charge >= 0.3 is 6.18 Å². The largest absolute Gasteiger partial charge is 0.408 e. The molecule has 0 bridgehead atoms. The smallest absolute Gasteiger partial charge is 0.349 e. The Kier molecular flexibility index (Phi) is 6.53. The molecule has 3 atom stereocenters. The van der Waals surface area contributed by atoms with Crippen LogP contribution in [0.1, 0.15) is 54.0 Å². The van der Waals surface area contributed by atoms with Gasteiger partial charge in [-0.1, -0.05) is 48.5 Å². The van der Waals surface area contributed by atoms with Crippen LogP contribution in [0.2, 0.25) is 0 Å². The Labute approximate surface area is 185 Å². The van der Waals surface area contributed by atoms with E-state index in [1.54, 1.807) is 0 Å². The molecular formula is C25H27F3N2O2. The minimum atomic E-state index is -4.49. The number of fused-ring (bicyclic) bond motifs is 1. The normalized spacial score (nSPS) is 23.2. The van der Waals surface area contributed by atoms with Crippen molar-refractivity contribution in [1.82, 2.24) is 10.6 Å². The monoisotopic (exact) mass is 444 g/mol. The average Bonchev–Trinajstić information content (AvgIpc) is 2.78. The van der Waals surface area contributed by atoms with E-state index in [1.807, 2.05) is 35.6 Å². The molecule has 2 aromatic carbocycles. The van der Waals surface area contributed by atoms with Crippen LogP contribution in [-0.2, 0) is 28.9 Å². The lowest BCUT2D eigenvalue weighted by Gasteiger charge is -2.32. The van der Waals surface area contributed by atoms with Crippen molar-refractivity contribution in [2.75, 3.05) is 0 Å². The van der Waals surface area contributed by atoms with E-state index in [0.717, 1.165) is 37.7 Å². The van der Waals surface area contributed by atoms with Crippen molar-refractivity contribution in [2.45, 2.75) is 63.2 Å². The van der Waals surface area contributed by atoms with Crippen LogP contribution in [0.4, 0.5) is 13.2 Å². The third-order valence-corrected chi connectivity index (χ3v) is 6.54. The summed E-state index contributed by atoms with van der Waals surface area (Å²) in [7, 11) is 0. The second-order valence-corrected chi connectivity index (χ2v) is 8.66. The molecule has 1 aliphatic heterocycles. The van der Waals surface area contributed by atoms with Crippen LogP contribution in [0, 0.1) is 5.92 Å². The second kappa shape index (κ2) is 9.35. The predicted molar refractivity (Wildman–Crippen MR) is 115 cm³/mol. The predicted octanol–water partition coefficient (Wildman–Crippen LogP) is 4.42. The van der Waals surface area contributed by atoms with E-state index >= 15 is 0 Å². The zero-order valence-corrected chi connectivity index (χ0v) is 17.8. The number of carbonyl (C=O) groups is 2. The van der Waals surface area contributed by atoms with Crippen molar-refractivity contribution < 1.29 is 22.8 Å². The summed E-state index contributed by atoms with van der Waals surface area (Å²) in [6.45, 7) is 0. The minimum Gasteiger partial charge on any atom is -0.349 e. The fraction of sp³-hybridized carbons (Fsp3) is 0.440. The molecule has 1 aliphatic carbocycles. The number of hydrogen-bond acceptors (Lipinski definition) is 2. The van der Waals surface area contributed by atoms with Crippen molar-refractivity contribution in [3.63, 3.8) is 0 Å². The lowest BCUT2D eigenvalue weighted by atomic mass is 9.83. The van der Waals surface area contributed by atoms with Crippen LogP contribution in [-0.4, -0.2) is 24.0 Å². The number of alkyl halides is 3. The highest BCUT2D eigenvalue weighted by Gasteiger charge is 2.46. The number of amides is 2. The van der Waals surface area contributed by atoms with Crippen molar-refractivity contribution in [2.24, 2.45) is 5.92 Å². The highest BCUT2D eigenvalue weighted by atomic mass is 19.4. The van der Waals surface area contributed by atoms with Gasteiger partial charge in [0.05, 0.1) is 6.04 Å². The number of carbonyl (C=O) groups excluding carboxylic acids is 2. The van der Waals surface area contributed by atoms with E-state index in [1.165, 1.54) is 16.7 Å². The SMILES string of the molecule is O=C(NC1CCCc2c(CCc3ccccc3)cccc21)C1CCC(C(F)(F)F)NC1=O. The van der Waals surface area contributed by atoms with Gasteiger partial charge in [-0.2, -0.15) is 13.2 Å². The third-order valence-electron chi connectivity index (χ3n) is 6.54. The molecule has 32 heavy (non-hydrogen) atoms. The fourth-order valence-corrected chi connectivity index (χ4v) is 4.81. The number of nitrogens with one attached hydrogen (secondary N) is 2. The Bertz CT molecular complexity index is 975. The van der Waals surface area contributed by atoms with Crippen LogP contribution >= 0.6 is 0 Å².